The summed E-state index contributed by atoms with van der Waals surface area (Å²) in [6.45, 7) is 1.15. The third-order valence-electron chi connectivity index (χ3n) is 3.30. The van der Waals surface area contributed by atoms with E-state index in [1.165, 1.54) is 0 Å². The van der Waals surface area contributed by atoms with Gasteiger partial charge in [0.1, 0.15) is 13.2 Å². The fraction of sp³-hybridized carbons (Fsp3) is 0.235. The lowest BCUT2D eigenvalue weighted by molar-refractivity contribution is 0.171. The summed E-state index contributed by atoms with van der Waals surface area (Å²) >= 11 is 0. The third kappa shape index (κ3) is 2.98. The number of methoxy groups -OCH3 is 2. The number of fused-ring (bicyclic) bond motifs is 1. The summed E-state index contributed by atoms with van der Waals surface area (Å²) in [5, 5.41) is 0. The van der Waals surface area contributed by atoms with Gasteiger partial charge in [0.05, 0.1) is 19.9 Å². The zero-order valence-corrected chi connectivity index (χ0v) is 12.5. The highest BCUT2D eigenvalue weighted by atomic mass is 16.6. The van der Waals surface area contributed by atoms with E-state index in [2.05, 4.69) is 4.99 Å². The highest BCUT2D eigenvalue weighted by Crippen LogP contribution is 2.33. The summed E-state index contributed by atoms with van der Waals surface area (Å²) in [6, 6.07) is 11.3. The van der Waals surface area contributed by atoms with Gasteiger partial charge in [0, 0.05) is 12.3 Å². The van der Waals surface area contributed by atoms with Crippen molar-refractivity contribution in [2.24, 2.45) is 4.99 Å². The van der Waals surface area contributed by atoms with Crippen molar-refractivity contribution in [1.82, 2.24) is 0 Å². The van der Waals surface area contributed by atoms with Crippen LogP contribution in [0.2, 0.25) is 0 Å². The molecule has 1 heterocycles. The van der Waals surface area contributed by atoms with E-state index in [0.29, 0.717) is 24.7 Å². The summed E-state index contributed by atoms with van der Waals surface area (Å²) in [5.74, 6) is 2.86. The number of ether oxygens (including phenoxy) is 4. The maximum Gasteiger partial charge on any atom is 0.163 e. The van der Waals surface area contributed by atoms with Crippen LogP contribution in [-0.2, 0) is 0 Å². The van der Waals surface area contributed by atoms with Crippen molar-refractivity contribution in [3.63, 3.8) is 0 Å². The number of hydrogen-bond donors (Lipinski definition) is 0. The summed E-state index contributed by atoms with van der Waals surface area (Å²) in [4.78, 5) is 4.46. The van der Waals surface area contributed by atoms with Gasteiger partial charge in [-0.3, -0.25) is 4.99 Å². The number of nitrogens with zero attached hydrogens (tertiary/aromatic N) is 1. The van der Waals surface area contributed by atoms with Gasteiger partial charge in [-0.1, -0.05) is 0 Å². The molecule has 0 saturated heterocycles. The van der Waals surface area contributed by atoms with Gasteiger partial charge in [0.25, 0.3) is 0 Å². The standard InChI is InChI=1S/C17H17NO4/c1-19-14-5-3-12(9-16(14)20-2)11-18-13-4-6-15-17(10-13)22-8-7-21-15/h3-6,9-11H,7-8H2,1-2H3. The van der Waals surface area contributed by atoms with E-state index in [1.807, 2.05) is 36.4 Å². The van der Waals surface area contributed by atoms with Crippen molar-refractivity contribution >= 4 is 11.9 Å². The van der Waals surface area contributed by atoms with Gasteiger partial charge in [-0.05, 0) is 35.9 Å². The lowest BCUT2D eigenvalue weighted by atomic mass is 10.2. The smallest absolute Gasteiger partial charge is 0.163 e. The van der Waals surface area contributed by atoms with Crippen LogP contribution < -0.4 is 18.9 Å². The molecule has 5 heteroatoms. The van der Waals surface area contributed by atoms with Crippen molar-refractivity contribution in [3.05, 3.63) is 42.0 Å². The second-order valence-corrected chi connectivity index (χ2v) is 4.70. The van der Waals surface area contributed by atoms with Gasteiger partial charge in [-0.15, -0.1) is 0 Å². The molecular formula is C17H17NO4. The quantitative estimate of drug-likeness (QED) is 0.813. The SMILES string of the molecule is COc1ccc(C=Nc2ccc3c(c2)OCCO3)cc1OC. The summed E-state index contributed by atoms with van der Waals surface area (Å²) in [6.07, 6.45) is 1.77. The number of hydrogen-bond acceptors (Lipinski definition) is 5. The number of benzene rings is 2. The molecule has 0 unspecified atom stereocenters. The van der Waals surface area contributed by atoms with Crippen LogP contribution in [0.5, 0.6) is 23.0 Å². The van der Waals surface area contributed by atoms with Crippen LogP contribution in [0.4, 0.5) is 5.69 Å². The summed E-state index contributed by atoms with van der Waals surface area (Å²) < 4.78 is 21.5. The average Bonchev–Trinajstić information content (AvgIpc) is 2.59. The van der Waals surface area contributed by atoms with Crippen LogP contribution in [0.25, 0.3) is 0 Å². The van der Waals surface area contributed by atoms with Crippen molar-refractivity contribution < 1.29 is 18.9 Å². The zero-order chi connectivity index (χ0) is 15.4. The predicted molar refractivity (Wildman–Crippen MR) is 84.2 cm³/mol. The van der Waals surface area contributed by atoms with E-state index < -0.39 is 0 Å². The molecule has 1 aliphatic heterocycles. The van der Waals surface area contributed by atoms with E-state index in [-0.39, 0.29) is 0 Å². The van der Waals surface area contributed by atoms with Gasteiger partial charge in [-0.2, -0.15) is 0 Å². The van der Waals surface area contributed by atoms with Gasteiger partial charge in [0.15, 0.2) is 23.0 Å². The minimum atomic E-state index is 0.565. The van der Waals surface area contributed by atoms with Crippen LogP contribution >= 0.6 is 0 Å². The molecule has 0 amide bonds. The first-order chi connectivity index (χ1) is 10.8. The number of rotatable bonds is 4. The molecule has 0 atom stereocenters. The molecule has 0 aromatic heterocycles. The Balaban J connectivity index is 1.82. The Bertz CT molecular complexity index is 656. The molecule has 0 spiro atoms. The Morgan fingerprint density at radius 3 is 2.45 bits per heavy atom. The van der Waals surface area contributed by atoms with Crippen LogP contribution in [-0.4, -0.2) is 33.6 Å². The first kappa shape index (κ1) is 14.3. The molecule has 1 aliphatic rings. The maximum absolute atomic E-state index is 5.55. The monoisotopic (exact) mass is 299 g/mol. The first-order valence-corrected chi connectivity index (χ1v) is 6.96. The minimum Gasteiger partial charge on any atom is -0.493 e. The Labute approximate surface area is 129 Å². The van der Waals surface area contributed by atoms with Crippen LogP contribution in [0.1, 0.15) is 5.56 Å². The highest BCUT2D eigenvalue weighted by molar-refractivity contribution is 5.83. The second-order valence-electron chi connectivity index (χ2n) is 4.70. The molecule has 0 N–H and O–H groups in total. The first-order valence-electron chi connectivity index (χ1n) is 6.96. The largest absolute Gasteiger partial charge is 0.493 e. The molecule has 22 heavy (non-hydrogen) atoms. The Morgan fingerprint density at radius 2 is 1.68 bits per heavy atom. The average molecular weight is 299 g/mol. The van der Waals surface area contributed by atoms with Crippen molar-refractivity contribution in [2.45, 2.75) is 0 Å². The molecule has 2 aromatic carbocycles. The highest BCUT2D eigenvalue weighted by Gasteiger charge is 2.11. The Kier molecular flexibility index (Phi) is 4.14. The molecule has 2 aromatic rings. The normalized spacial score (nSPS) is 13.2. The zero-order valence-electron chi connectivity index (χ0n) is 12.5. The van der Waals surface area contributed by atoms with Gasteiger partial charge >= 0.3 is 0 Å². The lowest BCUT2D eigenvalue weighted by Gasteiger charge is -2.18. The van der Waals surface area contributed by atoms with Gasteiger partial charge < -0.3 is 18.9 Å². The lowest BCUT2D eigenvalue weighted by Crippen LogP contribution is -2.14. The van der Waals surface area contributed by atoms with E-state index in [9.17, 15) is 0 Å². The van der Waals surface area contributed by atoms with E-state index in [0.717, 1.165) is 22.7 Å². The summed E-state index contributed by atoms with van der Waals surface area (Å²) in [7, 11) is 3.22. The van der Waals surface area contributed by atoms with E-state index in [1.54, 1.807) is 20.4 Å². The Morgan fingerprint density at radius 1 is 0.909 bits per heavy atom. The van der Waals surface area contributed by atoms with E-state index in [4.69, 9.17) is 18.9 Å². The minimum absolute atomic E-state index is 0.565. The molecule has 0 saturated carbocycles. The van der Waals surface area contributed by atoms with Crippen molar-refractivity contribution in [3.8, 4) is 23.0 Å². The molecule has 0 radical (unpaired) electrons. The predicted octanol–water partition coefficient (Wildman–Crippen LogP) is 3.23. The number of aliphatic imine (C=N–C) groups is 1. The molecule has 3 rings (SSSR count). The van der Waals surface area contributed by atoms with Gasteiger partial charge in [0.2, 0.25) is 0 Å². The van der Waals surface area contributed by atoms with Crippen molar-refractivity contribution in [1.29, 1.82) is 0 Å². The van der Waals surface area contributed by atoms with Crippen LogP contribution in [0.15, 0.2) is 41.4 Å². The van der Waals surface area contributed by atoms with Crippen LogP contribution in [0.3, 0.4) is 0 Å². The Hall–Kier alpha value is -2.69. The second kappa shape index (κ2) is 6.39. The fourth-order valence-electron chi connectivity index (χ4n) is 2.19. The molecule has 0 fully saturated rings. The van der Waals surface area contributed by atoms with Gasteiger partial charge in [-0.25, -0.2) is 0 Å². The fourth-order valence-corrected chi connectivity index (χ4v) is 2.19. The molecular weight excluding hydrogens is 282 g/mol. The third-order valence-corrected chi connectivity index (χ3v) is 3.30. The van der Waals surface area contributed by atoms with Crippen LogP contribution in [0, 0.1) is 0 Å². The molecule has 5 nitrogen and oxygen atoms in total. The molecule has 0 bridgehead atoms. The van der Waals surface area contributed by atoms with E-state index >= 15 is 0 Å². The topological polar surface area (TPSA) is 49.3 Å². The summed E-state index contributed by atoms with van der Waals surface area (Å²) in [5.41, 5.74) is 1.73. The maximum atomic E-state index is 5.55. The molecule has 114 valence electrons. The molecule has 0 aliphatic carbocycles. The van der Waals surface area contributed by atoms with Crippen molar-refractivity contribution in [2.75, 3.05) is 27.4 Å².